The largest absolute Gasteiger partial charge is 0.481 e. The van der Waals surface area contributed by atoms with E-state index in [1.807, 2.05) is 0 Å². The van der Waals surface area contributed by atoms with Gasteiger partial charge in [0.05, 0.1) is 12.2 Å². The molecule has 0 radical (unpaired) electrons. The molecule has 0 spiro atoms. The molecule has 6 nitrogen and oxygen atoms in total. The number of amides is 1. The van der Waals surface area contributed by atoms with Crippen LogP contribution in [0.25, 0.3) is 0 Å². The molecule has 0 fully saturated rings. The molecule has 0 saturated carbocycles. The lowest BCUT2D eigenvalue weighted by Crippen LogP contribution is -2.39. The molecule has 0 aliphatic heterocycles. The van der Waals surface area contributed by atoms with Crippen LogP contribution in [-0.4, -0.2) is 28.3 Å². The Kier molecular flexibility index (Phi) is 5.46. The zero-order valence-electron chi connectivity index (χ0n) is 13.0. The van der Waals surface area contributed by atoms with Gasteiger partial charge < -0.3 is 10.1 Å². The molecule has 122 valence electrons. The van der Waals surface area contributed by atoms with Crippen LogP contribution in [0.3, 0.4) is 0 Å². The maximum absolute atomic E-state index is 13.1. The quantitative estimate of drug-likeness (QED) is 0.870. The van der Waals surface area contributed by atoms with Crippen molar-refractivity contribution in [2.45, 2.75) is 26.5 Å². The minimum Gasteiger partial charge on any atom is -0.481 e. The van der Waals surface area contributed by atoms with E-state index in [0.29, 0.717) is 0 Å². The highest BCUT2D eigenvalue weighted by molar-refractivity contribution is 5.80. The van der Waals surface area contributed by atoms with Gasteiger partial charge >= 0.3 is 0 Å². The van der Waals surface area contributed by atoms with E-state index < -0.39 is 11.9 Å². The van der Waals surface area contributed by atoms with Gasteiger partial charge in [-0.15, -0.1) is 0 Å². The Bertz CT molecular complexity index is 745. The molecule has 1 N–H and O–H groups in total. The molecule has 7 heteroatoms. The zero-order valence-corrected chi connectivity index (χ0v) is 13.0. The molecule has 0 aliphatic carbocycles. The zero-order chi connectivity index (χ0) is 16.8. The second-order valence-electron chi connectivity index (χ2n) is 5.04. The van der Waals surface area contributed by atoms with Crippen molar-refractivity contribution >= 4 is 5.91 Å². The minimum absolute atomic E-state index is 0.228. The third-order valence-electron chi connectivity index (χ3n) is 3.10. The average Bonchev–Trinajstić information content (AvgIpc) is 2.50. The second kappa shape index (κ2) is 7.53. The number of nitrogens with one attached hydrogen (secondary N) is 1. The van der Waals surface area contributed by atoms with Gasteiger partial charge in [0.2, 0.25) is 0 Å². The molecule has 0 aliphatic rings. The Balaban J connectivity index is 1.84. The summed E-state index contributed by atoms with van der Waals surface area (Å²) in [5.74, 6) is -0.501. The summed E-state index contributed by atoms with van der Waals surface area (Å²) >= 11 is 0. The minimum atomic E-state index is -0.779. The molecule has 0 bridgehead atoms. The number of carbonyl (C=O) groups excluding carboxylic acids is 1. The number of ether oxygens (including phenoxy) is 1. The number of rotatable bonds is 6. The first-order valence-corrected chi connectivity index (χ1v) is 7.20. The number of halogens is 1. The predicted molar refractivity (Wildman–Crippen MR) is 82.7 cm³/mol. The SMILES string of the molecule is Cc1ccc(=O)n(CCNC(=O)C(C)Oc2cccc(F)c2)n1. The van der Waals surface area contributed by atoms with Gasteiger partial charge in [-0.3, -0.25) is 9.59 Å². The summed E-state index contributed by atoms with van der Waals surface area (Å²) < 4.78 is 19.7. The van der Waals surface area contributed by atoms with E-state index in [9.17, 15) is 14.0 Å². The molecule has 2 aromatic rings. The first-order valence-electron chi connectivity index (χ1n) is 7.20. The van der Waals surface area contributed by atoms with Gasteiger partial charge in [0.1, 0.15) is 11.6 Å². The molecule has 1 aromatic carbocycles. The third-order valence-corrected chi connectivity index (χ3v) is 3.10. The van der Waals surface area contributed by atoms with E-state index >= 15 is 0 Å². The predicted octanol–water partition coefficient (Wildman–Crippen LogP) is 1.27. The summed E-state index contributed by atoms with van der Waals surface area (Å²) in [6.45, 7) is 3.85. The summed E-state index contributed by atoms with van der Waals surface area (Å²) in [6.07, 6.45) is -0.779. The maximum atomic E-state index is 13.1. The van der Waals surface area contributed by atoms with Crippen molar-refractivity contribution in [3.8, 4) is 5.75 Å². The first-order chi connectivity index (χ1) is 11.0. The number of benzene rings is 1. The molecule has 1 atom stereocenters. The number of hydrogen-bond donors (Lipinski definition) is 1. The number of carbonyl (C=O) groups is 1. The topological polar surface area (TPSA) is 73.2 Å². The summed E-state index contributed by atoms with van der Waals surface area (Å²) in [6, 6.07) is 8.64. The number of aryl methyl sites for hydroxylation is 1. The van der Waals surface area contributed by atoms with Crippen LogP contribution in [-0.2, 0) is 11.3 Å². The number of aromatic nitrogens is 2. The van der Waals surface area contributed by atoms with Gasteiger partial charge in [-0.25, -0.2) is 9.07 Å². The van der Waals surface area contributed by atoms with Crippen molar-refractivity contribution in [3.05, 3.63) is 58.3 Å². The molecule has 2 rings (SSSR count). The second-order valence-corrected chi connectivity index (χ2v) is 5.04. The van der Waals surface area contributed by atoms with Gasteiger partial charge in [0.15, 0.2) is 6.10 Å². The van der Waals surface area contributed by atoms with Crippen LogP contribution < -0.4 is 15.6 Å². The molecule has 1 aromatic heterocycles. The van der Waals surface area contributed by atoms with Crippen LogP contribution in [0.4, 0.5) is 4.39 Å². The highest BCUT2D eigenvalue weighted by Gasteiger charge is 2.14. The van der Waals surface area contributed by atoms with E-state index in [0.717, 1.165) is 5.69 Å². The van der Waals surface area contributed by atoms with Crippen LogP contribution in [0, 0.1) is 12.7 Å². The van der Waals surface area contributed by atoms with Crippen molar-refractivity contribution < 1.29 is 13.9 Å². The Hall–Kier alpha value is -2.70. The Morgan fingerprint density at radius 1 is 1.39 bits per heavy atom. The number of hydrogen-bond acceptors (Lipinski definition) is 4. The highest BCUT2D eigenvalue weighted by atomic mass is 19.1. The molecule has 23 heavy (non-hydrogen) atoms. The van der Waals surface area contributed by atoms with Gasteiger partial charge in [-0.05, 0) is 32.0 Å². The molecule has 0 saturated heterocycles. The maximum Gasteiger partial charge on any atom is 0.266 e. The smallest absolute Gasteiger partial charge is 0.266 e. The van der Waals surface area contributed by atoms with Crippen molar-refractivity contribution in [2.24, 2.45) is 0 Å². The van der Waals surface area contributed by atoms with E-state index in [4.69, 9.17) is 4.74 Å². The third kappa shape index (κ3) is 4.91. The van der Waals surface area contributed by atoms with Crippen LogP contribution in [0.15, 0.2) is 41.2 Å². The first kappa shape index (κ1) is 16.7. The van der Waals surface area contributed by atoms with Crippen LogP contribution in [0.5, 0.6) is 5.75 Å². The van der Waals surface area contributed by atoms with Gasteiger partial charge in [0.25, 0.3) is 11.5 Å². The summed E-state index contributed by atoms with van der Waals surface area (Å²) in [7, 11) is 0. The van der Waals surface area contributed by atoms with Gasteiger partial charge in [-0.2, -0.15) is 5.10 Å². The monoisotopic (exact) mass is 319 g/mol. The van der Waals surface area contributed by atoms with Crippen LogP contribution in [0.1, 0.15) is 12.6 Å². The van der Waals surface area contributed by atoms with E-state index in [2.05, 4.69) is 10.4 Å². The van der Waals surface area contributed by atoms with Crippen molar-refractivity contribution in [2.75, 3.05) is 6.54 Å². The summed E-state index contributed by atoms with van der Waals surface area (Å²) in [5, 5.41) is 6.73. The lowest BCUT2D eigenvalue weighted by molar-refractivity contribution is -0.127. The van der Waals surface area contributed by atoms with Crippen LogP contribution in [0.2, 0.25) is 0 Å². The molecular formula is C16H18FN3O3. The van der Waals surface area contributed by atoms with Gasteiger partial charge in [0, 0.05) is 18.7 Å². The Labute approximate surface area is 132 Å². The van der Waals surface area contributed by atoms with Crippen LogP contribution >= 0.6 is 0 Å². The van der Waals surface area contributed by atoms with Crippen molar-refractivity contribution in [3.63, 3.8) is 0 Å². The average molecular weight is 319 g/mol. The normalized spacial score (nSPS) is 11.8. The lowest BCUT2D eigenvalue weighted by atomic mass is 10.3. The Morgan fingerprint density at radius 2 is 2.17 bits per heavy atom. The standard InChI is InChI=1S/C16H18FN3O3/c1-11-6-7-15(21)20(19-11)9-8-18-16(22)12(2)23-14-5-3-4-13(17)10-14/h3-7,10,12H,8-9H2,1-2H3,(H,18,22). The summed E-state index contributed by atoms with van der Waals surface area (Å²) in [4.78, 5) is 23.5. The van der Waals surface area contributed by atoms with Crippen molar-refractivity contribution in [1.82, 2.24) is 15.1 Å². The molecule has 1 heterocycles. The van der Waals surface area contributed by atoms with Gasteiger partial charge in [-0.1, -0.05) is 6.07 Å². The van der Waals surface area contributed by atoms with E-state index in [1.54, 1.807) is 26.0 Å². The van der Waals surface area contributed by atoms with E-state index in [1.165, 1.54) is 28.9 Å². The fourth-order valence-electron chi connectivity index (χ4n) is 1.94. The lowest BCUT2D eigenvalue weighted by Gasteiger charge is -2.15. The Morgan fingerprint density at radius 3 is 2.91 bits per heavy atom. The van der Waals surface area contributed by atoms with E-state index in [-0.39, 0.29) is 30.3 Å². The summed E-state index contributed by atoms with van der Waals surface area (Å²) in [5.41, 5.74) is 0.493. The molecule has 1 unspecified atom stereocenters. The molecular weight excluding hydrogens is 301 g/mol. The number of nitrogens with zero attached hydrogens (tertiary/aromatic N) is 2. The van der Waals surface area contributed by atoms with Crippen molar-refractivity contribution in [1.29, 1.82) is 0 Å². The fourth-order valence-corrected chi connectivity index (χ4v) is 1.94. The molecule has 1 amide bonds. The fraction of sp³-hybridized carbons (Fsp3) is 0.312. The highest BCUT2D eigenvalue weighted by Crippen LogP contribution is 2.13.